The van der Waals surface area contributed by atoms with Crippen LogP contribution in [0.2, 0.25) is 0 Å². The molecule has 1 spiro atoms. The van der Waals surface area contributed by atoms with Gasteiger partial charge in [-0.15, -0.1) is 0 Å². The van der Waals surface area contributed by atoms with E-state index in [2.05, 4.69) is 17.1 Å². The van der Waals surface area contributed by atoms with Crippen molar-refractivity contribution in [2.75, 3.05) is 19.7 Å². The summed E-state index contributed by atoms with van der Waals surface area (Å²) in [6.45, 7) is 3.15. The molecule has 0 aliphatic carbocycles. The first-order chi connectivity index (χ1) is 4.81. The van der Waals surface area contributed by atoms with Gasteiger partial charge in [-0.25, -0.2) is 0 Å². The highest BCUT2D eigenvalue weighted by atomic mass is 32.1. The van der Waals surface area contributed by atoms with Crippen molar-refractivity contribution < 1.29 is 4.74 Å². The van der Waals surface area contributed by atoms with Crippen LogP contribution in [0, 0.1) is 0 Å². The van der Waals surface area contributed by atoms with Gasteiger partial charge in [-0.2, -0.15) is 0 Å². The summed E-state index contributed by atoms with van der Waals surface area (Å²) in [5, 5.41) is 0. The maximum absolute atomic E-state index is 5.55. The van der Waals surface area contributed by atoms with E-state index in [4.69, 9.17) is 4.74 Å². The standard InChI is InChI=1S/C7H13NOS/c10-8-4-1-7(2-5-8)3-6-9-7/h10H,1-6H2. The lowest BCUT2D eigenvalue weighted by molar-refractivity contribution is -0.166. The molecule has 2 fully saturated rings. The summed E-state index contributed by atoms with van der Waals surface area (Å²) in [4.78, 5) is 0. The molecule has 0 saturated carbocycles. The Bertz CT molecular complexity index is 126. The molecule has 0 aromatic carbocycles. The summed E-state index contributed by atoms with van der Waals surface area (Å²) < 4.78 is 7.62. The molecule has 0 atom stereocenters. The first kappa shape index (κ1) is 6.95. The van der Waals surface area contributed by atoms with Gasteiger partial charge in [0.15, 0.2) is 0 Å². The molecule has 2 rings (SSSR count). The van der Waals surface area contributed by atoms with E-state index >= 15 is 0 Å². The van der Waals surface area contributed by atoms with Crippen LogP contribution in [0.5, 0.6) is 0 Å². The fraction of sp³-hybridized carbons (Fsp3) is 1.00. The molecule has 58 valence electrons. The maximum Gasteiger partial charge on any atom is 0.0729 e. The van der Waals surface area contributed by atoms with Gasteiger partial charge in [0, 0.05) is 13.1 Å². The maximum atomic E-state index is 5.55. The number of hydrogen-bond acceptors (Lipinski definition) is 3. The Kier molecular flexibility index (Phi) is 1.66. The van der Waals surface area contributed by atoms with Crippen LogP contribution >= 0.6 is 12.8 Å². The Balaban J connectivity index is 1.90. The van der Waals surface area contributed by atoms with Crippen molar-refractivity contribution in [3.05, 3.63) is 0 Å². The third-order valence-electron chi connectivity index (χ3n) is 2.62. The second kappa shape index (κ2) is 2.40. The molecule has 0 aromatic heterocycles. The first-order valence-electron chi connectivity index (χ1n) is 3.89. The van der Waals surface area contributed by atoms with E-state index in [0.717, 1.165) is 19.7 Å². The van der Waals surface area contributed by atoms with Gasteiger partial charge in [0.25, 0.3) is 0 Å². The number of rotatable bonds is 0. The van der Waals surface area contributed by atoms with Gasteiger partial charge in [0.2, 0.25) is 0 Å². The van der Waals surface area contributed by atoms with E-state index in [1.54, 1.807) is 0 Å². The Morgan fingerprint density at radius 2 is 1.80 bits per heavy atom. The average Bonchev–Trinajstić information content (AvgIpc) is 1.86. The summed E-state index contributed by atoms with van der Waals surface area (Å²) in [6.07, 6.45) is 3.63. The second-order valence-electron chi connectivity index (χ2n) is 3.24. The van der Waals surface area contributed by atoms with Crippen LogP contribution in [0.3, 0.4) is 0 Å². The van der Waals surface area contributed by atoms with Gasteiger partial charge in [0.1, 0.15) is 0 Å². The van der Waals surface area contributed by atoms with Gasteiger partial charge in [0.05, 0.1) is 12.2 Å². The molecule has 0 aromatic rings. The Morgan fingerprint density at radius 1 is 1.20 bits per heavy atom. The van der Waals surface area contributed by atoms with Gasteiger partial charge >= 0.3 is 0 Å². The smallest absolute Gasteiger partial charge is 0.0729 e. The van der Waals surface area contributed by atoms with Gasteiger partial charge in [-0.1, -0.05) is 12.8 Å². The highest BCUT2D eigenvalue weighted by Gasteiger charge is 2.40. The first-order valence-corrected chi connectivity index (χ1v) is 4.29. The predicted molar refractivity (Wildman–Crippen MR) is 43.1 cm³/mol. The van der Waals surface area contributed by atoms with Crippen molar-refractivity contribution in [3.63, 3.8) is 0 Å². The van der Waals surface area contributed by atoms with Gasteiger partial charge in [-0.05, 0) is 19.3 Å². The minimum Gasteiger partial charge on any atom is -0.375 e. The minimum atomic E-state index is 0.291. The van der Waals surface area contributed by atoms with Crippen LogP contribution in [0.25, 0.3) is 0 Å². The lowest BCUT2D eigenvalue weighted by Gasteiger charge is -2.46. The molecule has 10 heavy (non-hydrogen) atoms. The molecule has 0 unspecified atom stereocenters. The molecule has 2 saturated heterocycles. The third kappa shape index (κ3) is 1.06. The van der Waals surface area contributed by atoms with Crippen LogP contribution in [0.15, 0.2) is 0 Å². The quantitative estimate of drug-likeness (QED) is 0.531. The van der Waals surface area contributed by atoms with Crippen LogP contribution in [-0.4, -0.2) is 29.6 Å². The van der Waals surface area contributed by atoms with Crippen molar-refractivity contribution in [3.8, 4) is 0 Å². The van der Waals surface area contributed by atoms with E-state index in [1.165, 1.54) is 19.3 Å². The van der Waals surface area contributed by atoms with Crippen molar-refractivity contribution in [2.45, 2.75) is 24.9 Å². The molecular weight excluding hydrogens is 146 g/mol. The molecule has 2 nitrogen and oxygen atoms in total. The van der Waals surface area contributed by atoms with Crippen molar-refractivity contribution in [2.24, 2.45) is 0 Å². The molecule has 2 aliphatic rings. The number of hydrogen-bond donors (Lipinski definition) is 1. The zero-order chi connectivity index (χ0) is 7.03. The Hall–Kier alpha value is 0.270. The number of ether oxygens (including phenoxy) is 1. The van der Waals surface area contributed by atoms with Crippen LogP contribution in [-0.2, 0) is 4.74 Å². The van der Waals surface area contributed by atoms with Crippen LogP contribution in [0.1, 0.15) is 19.3 Å². The fourth-order valence-electron chi connectivity index (χ4n) is 1.69. The van der Waals surface area contributed by atoms with Crippen molar-refractivity contribution in [1.29, 1.82) is 0 Å². The molecule has 2 heterocycles. The van der Waals surface area contributed by atoms with E-state index in [1.807, 2.05) is 0 Å². The number of piperidine rings is 1. The molecule has 0 amide bonds. The molecule has 0 radical (unpaired) electrons. The van der Waals surface area contributed by atoms with Gasteiger partial charge in [-0.3, -0.25) is 4.31 Å². The SMILES string of the molecule is SN1CCC2(CCO2)CC1. The molecule has 0 N–H and O–H groups in total. The van der Waals surface area contributed by atoms with E-state index in [-0.39, 0.29) is 0 Å². The zero-order valence-electron chi connectivity index (χ0n) is 6.05. The summed E-state index contributed by atoms with van der Waals surface area (Å²) in [5.41, 5.74) is 0.291. The molecule has 0 bridgehead atoms. The average molecular weight is 159 g/mol. The topological polar surface area (TPSA) is 12.5 Å². The van der Waals surface area contributed by atoms with Gasteiger partial charge < -0.3 is 4.74 Å². The summed E-state index contributed by atoms with van der Waals surface area (Å²) in [6, 6.07) is 0. The third-order valence-corrected chi connectivity index (χ3v) is 3.02. The Labute approximate surface area is 67.1 Å². The molecule has 2 aliphatic heterocycles. The zero-order valence-corrected chi connectivity index (χ0v) is 6.94. The van der Waals surface area contributed by atoms with Crippen LogP contribution in [0.4, 0.5) is 0 Å². The lowest BCUT2D eigenvalue weighted by atomic mass is 9.85. The van der Waals surface area contributed by atoms with E-state index in [9.17, 15) is 0 Å². The highest BCUT2D eigenvalue weighted by molar-refractivity contribution is 7.77. The molecular formula is C7H13NOS. The highest BCUT2D eigenvalue weighted by Crippen LogP contribution is 2.36. The summed E-state index contributed by atoms with van der Waals surface area (Å²) in [7, 11) is 0. The van der Waals surface area contributed by atoms with E-state index in [0.29, 0.717) is 5.60 Å². The summed E-state index contributed by atoms with van der Waals surface area (Å²) >= 11 is 4.28. The van der Waals surface area contributed by atoms with Crippen molar-refractivity contribution >= 4 is 12.8 Å². The summed E-state index contributed by atoms with van der Waals surface area (Å²) in [5.74, 6) is 0. The van der Waals surface area contributed by atoms with E-state index < -0.39 is 0 Å². The minimum absolute atomic E-state index is 0.291. The predicted octanol–water partition coefficient (Wildman–Crippen LogP) is 1.09. The number of nitrogens with zero attached hydrogens (tertiary/aromatic N) is 1. The largest absolute Gasteiger partial charge is 0.375 e. The normalized spacial score (nSPS) is 32.1. The second-order valence-corrected chi connectivity index (χ2v) is 3.80. The molecule has 3 heteroatoms. The Morgan fingerprint density at radius 3 is 2.20 bits per heavy atom. The lowest BCUT2D eigenvalue weighted by Crippen LogP contribution is -2.50. The fourth-order valence-corrected chi connectivity index (χ4v) is 1.89. The van der Waals surface area contributed by atoms with Crippen LogP contribution < -0.4 is 0 Å². The van der Waals surface area contributed by atoms with Crippen molar-refractivity contribution in [1.82, 2.24) is 4.31 Å². The monoisotopic (exact) mass is 159 g/mol. The number of thiol groups is 1.